The largest absolute Gasteiger partial charge is 0.385 e. The summed E-state index contributed by atoms with van der Waals surface area (Å²) in [6.07, 6.45) is 0.695. The Morgan fingerprint density at radius 2 is 1.85 bits per heavy atom. The molecule has 1 atom stereocenters. The number of hydrogen-bond donors (Lipinski definition) is 1. The molecule has 0 radical (unpaired) electrons. The average Bonchev–Trinajstić information content (AvgIpc) is 3.26. The van der Waals surface area contributed by atoms with Gasteiger partial charge in [0.2, 0.25) is 5.91 Å². The fraction of sp³-hybridized carbons (Fsp3) is 0.370. The van der Waals surface area contributed by atoms with Gasteiger partial charge in [0.05, 0.1) is 12.2 Å². The van der Waals surface area contributed by atoms with Crippen LogP contribution in [0, 0.1) is 0 Å². The van der Waals surface area contributed by atoms with Crippen molar-refractivity contribution >= 4 is 17.5 Å². The lowest BCUT2D eigenvalue weighted by atomic mass is 9.93. The molecule has 1 N–H and O–H groups in total. The summed E-state index contributed by atoms with van der Waals surface area (Å²) >= 11 is 0. The number of nitrogens with one attached hydrogen (secondary N) is 1. The number of methoxy groups -OCH3 is 1. The zero-order valence-corrected chi connectivity index (χ0v) is 20.2. The molecule has 0 fully saturated rings. The van der Waals surface area contributed by atoms with E-state index in [0.717, 1.165) is 5.56 Å². The number of nitrogens with zero attached hydrogens (tertiary/aromatic N) is 3. The molecule has 178 valence electrons. The van der Waals surface area contributed by atoms with Crippen LogP contribution in [0.25, 0.3) is 11.3 Å². The van der Waals surface area contributed by atoms with Crippen molar-refractivity contribution in [3.05, 3.63) is 71.9 Å². The van der Waals surface area contributed by atoms with Crippen molar-refractivity contribution in [3.63, 3.8) is 0 Å². The minimum absolute atomic E-state index is 0.215. The fourth-order valence-electron chi connectivity index (χ4n) is 4.35. The molecule has 4 rings (SSSR count). The van der Waals surface area contributed by atoms with Gasteiger partial charge in [0.15, 0.2) is 0 Å². The van der Waals surface area contributed by atoms with Crippen molar-refractivity contribution in [1.29, 1.82) is 0 Å². The van der Waals surface area contributed by atoms with Crippen LogP contribution in [-0.4, -0.2) is 47.4 Å². The fourth-order valence-corrected chi connectivity index (χ4v) is 4.35. The van der Waals surface area contributed by atoms with Gasteiger partial charge in [-0.3, -0.25) is 19.2 Å². The van der Waals surface area contributed by atoms with Gasteiger partial charge in [-0.1, -0.05) is 56.3 Å². The second-order valence-corrected chi connectivity index (χ2v) is 9.20. The van der Waals surface area contributed by atoms with Crippen LogP contribution in [0.2, 0.25) is 0 Å². The summed E-state index contributed by atoms with van der Waals surface area (Å²) in [6, 6.07) is 19.4. The van der Waals surface area contributed by atoms with E-state index in [1.165, 1.54) is 5.56 Å². The van der Waals surface area contributed by atoms with E-state index in [1.54, 1.807) is 23.6 Å². The summed E-state index contributed by atoms with van der Waals surface area (Å²) in [7, 11) is 1.63. The standard InChI is InChI=1S/C27H32N4O3/c1-19(2)20-11-13-22(14-12-20)31-25(32)24-17-23(21-9-6-5-7-10-21)29-30(24)18-27(31,3)26(33)28-15-8-16-34-4/h5-7,9-14,17,19H,8,15-16,18H2,1-4H3,(H,28,33)/t27-/m1/s1. The van der Waals surface area contributed by atoms with E-state index in [1.807, 2.05) is 60.7 Å². The number of amides is 2. The maximum absolute atomic E-state index is 13.8. The van der Waals surface area contributed by atoms with Gasteiger partial charge in [0, 0.05) is 31.5 Å². The molecular formula is C27H32N4O3. The molecular weight excluding hydrogens is 428 g/mol. The first-order valence-electron chi connectivity index (χ1n) is 11.7. The van der Waals surface area contributed by atoms with Gasteiger partial charge in [-0.25, -0.2) is 0 Å². The van der Waals surface area contributed by atoms with Crippen LogP contribution in [0.3, 0.4) is 0 Å². The highest BCUT2D eigenvalue weighted by Gasteiger charge is 2.48. The molecule has 2 amide bonds. The summed E-state index contributed by atoms with van der Waals surface area (Å²) in [5.41, 5.74) is 2.83. The van der Waals surface area contributed by atoms with Crippen LogP contribution in [0.1, 0.15) is 49.2 Å². The Morgan fingerprint density at radius 3 is 2.50 bits per heavy atom. The summed E-state index contributed by atoms with van der Waals surface area (Å²) in [6.45, 7) is 7.34. The number of anilines is 1. The summed E-state index contributed by atoms with van der Waals surface area (Å²) in [4.78, 5) is 28.9. The Morgan fingerprint density at radius 1 is 1.15 bits per heavy atom. The maximum Gasteiger partial charge on any atom is 0.277 e. The van der Waals surface area contributed by atoms with Crippen molar-refractivity contribution in [3.8, 4) is 11.3 Å². The van der Waals surface area contributed by atoms with Gasteiger partial charge < -0.3 is 10.1 Å². The van der Waals surface area contributed by atoms with E-state index >= 15 is 0 Å². The Balaban J connectivity index is 1.74. The number of benzene rings is 2. The van der Waals surface area contributed by atoms with Crippen LogP contribution in [0.5, 0.6) is 0 Å². The number of aromatic nitrogens is 2. The lowest BCUT2D eigenvalue weighted by Gasteiger charge is -2.43. The zero-order chi connectivity index (χ0) is 24.3. The first kappa shape index (κ1) is 23.7. The van der Waals surface area contributed by atoms with Crippen molar-refractivity contribution in [2.45, 2.75) is 45.2 Å². The Hall–Kier alpha value is -3.45. The van der Waals surface area contributed by atoms with E-state index in [-0.39, 0.29) is 18.4 Å². The topological polar surface area (TPSA) is 76.5 Å². The minimum atomic E-state index is -1.14. The lowest BCUT2D eigenvalue weighted by molar-refractivity contribution is -0.126. The molecule has 0 saturated heterocycles. The molecule has 2 aromatic carbocycles. The summed E-state index contributed by atoms with van der Waals surface area (Å²) in [5, 5.41) is 7.69. The minimum Gasteiger partial charge on any atom is -0.385 e. The average molecular weight is 461 g/mol. The molecule has 0 aliphatic carbocycles. The van der Waals surface area contributed by atoms with Crippen molar-refractivity contribution in [1.82, 2.24) is 15.1 Å². The van der Waals surface area contributed by atoms with Crippen LogP contribution < -0.4 is 10.2 Å². The molecule has 0 unspecified atom stereocenters. The molecule has 34 heavy (non-hydrogen) atoms. The van der Waals surface area contributed by atoms with Crippen molar-refractivity contribution < 1.29 is 14.3 Å². The molecule has 7 heteroatoms. The highest BCUT2D eigenvalue weighted by atomic mass is 16.5. The third-order valence-electron chi connectivity index (χ3n) is 6.34. The third-order valence-corrected chi connectivity index (χ3v) is 6.34. The third kappa shape index (κ3) is 4.48. The van der Waals surface area contributed by atoms with E-state index in [9.17, 15) is 9.59 Å². The van der Waals surface area contributed by atoms with E-state index in [4.69, 9.17) is 9.84 Å². The Bertz CT molecular complexity index is 1150. The SMILES string of the molecule is COCCCNC(=O)[C@@]1(C)Cn2nc(-c3ccccc3)cc2C(=O)N1c1ccc(C(C)C)cc1. The first-order chi connectivity index (χ1) is 16.3. The van der Waals surface area contributed by atoms with Crippen LogP contribution >= 0.6 is 0 Å². The number of rotatable bonds is 8. The number of hydrogen-bond acceptors (Lipinski definition) is 4. The quantitative estimate of drug-likeness (QED) is 0.510. The highest BCUT2D eigenvalue weighted by Crippen LogP contribution is 2.34. The molecule has 2 heterocycles. The molecule has 7 nitrogen and oxygen atoms in total. The smallest absolute Gasteiger partial charge is 0.277 e. The summed E-state index contributed by atoms with van der Waals surface area (Å²) < 4.78 is 6.76. The lowest BCUT2D eigenvalue weighted by Crippen LogP contribution is -2.64. The van der Waals surface area contributed by atoms with Crippen LogP contribution in [0.4, 0.5) is 5.69 Å². The predicted octanol–water partition coefficient (Wildman–Crippen LogP) is 4.25. The zero-order valence-electron chi connectivity index (χ0n) is 20.2. The molecule has 1 aliphatic heterocycles. The van der Waals surface area contributed by atoms with E-state index in [2.05, 4.69) is 19.2 Å². The molecule has 3 aromatic rings. The normalized spacial score (nSPS) is 17.7. The molecule has 1 aliphatic rings. The maximum atomic E-state index is 13.8. The van der Waals surface area contributed by atoms with Gasteiger partial charge in [-0.05, 0) is 43.0 Å². The highest BCUT2D eigenvalue weighted by molar-refractivity contribution is 6.12. The van der Waals surface area contributed by atoms with Gasteiger partial charge >= 0.3 is 0 Å². The van der Waals surface area contributed by atoms with Crippen molar-refractivity contribution in [2.75, 3.05) is 25.2 Å². The Kier molecular flexibility index (Phi) is 6.84. The van der Waals surface area contributed by atoms with Crippen molar-refractivity contribution in [2.24, 2.45) is 0 Å². The van der Waals surface area contributed by atoms with Gasteiger partial charge in [0.25, 0.3) is 5.91 Å². The second kappa shape index (κ2) is 9.81. The van der Waals surface area contributed by atoms with Gasteiger partial charge in [0.1, 0.15) is 11.2 Å². The monoisotopic (exact) mass is 460 g/mol. The number of carbonyl (C=O) groups excluding carboxylic acids is 2. The number of carbonyl (C=O) groups is 2. The summed E-state index contributed by atoms with van der Waals surface area (Å²) in [5.74, 6) is -0.0866. The number of ether oxygens (including phenoxy) is 1. The van der Waals surface area contributed by atoms with Crippen LogP contribution in [-0.2, 0) is 16.1 Å². The van der Waals surface area contributed by atoms with E-state index < -0.39 is 5.54 Å². The Labute approximate surface area is 200 Å². The number of fused-ring (bicyclic) bond motifs is 1. The van der Waals surface area contributed by atoms with E-state index in [0.29, 0.717) is 42.6 Å². The molecule has 0 bridgehead atoms. The molecule has 0 spiro atoms. The van der Waals surface area contributed by atoms with Gasteiger partial charge in [-0.2, -0.15) is 5.10 Å². The first-order valence-corrected chi connectivity index (χ1v) is 11.7. The predicted molar refractivity (Wildman–Crippen MR) is 133 cm³/mol. The van der Waals surface area contributed by atoms with Gasteiger partial charge in [-0.15, -0.1) is 0 Å². The second-order valence-electron chi connectivity index (χ2n) is 9.20. The molecule has 0 saturated carbocycles. The molecule has 1 aromatic heterocycles. The van der Waals surface area contributed by atoms with Crippen LogP contribution in [0.15, 0.2) is 60.7 Å².